The zero-order valence-corrected chi connectivity index (χ0v) is 16.7. The van der Waals surface area contributed by atoms with Crippen LogP contribution in [0.25, 0.3) is 16.9 Å². The standard InChI is InChI=1S/C20H14F6N6O/c1-31-13(6-7-28-31)10-27-18(33)15-9-17-29-14(11-2-4-12(21)5-3-11)8-16(32(17)30-15)19(22,23)20(24,25)26/h2-9H,10H2,1H3,(H,27,33). The van der Waals surface area contributed by atoms with E-state index in [4.69, 9.17) is 0 Å². The molecule has 1 amide bonds. The number of aryl methyl sites for hydroxylation is 1. The van der Waals surface area contributed by atoms with Crippen LogP contribution in [-0.4, -0.2) is 36.5 Å². The third-order valence-electron chi connectivity index (χ3n) is 4.83. The third kappa shape index (κ3) is 4.13. The van der Waals surface area contributed by atoms with Crippen molar-refractivity contribution in [3.63, 3.8) is 0 Å². The van der Waals surface area contributed by atoms with Gasteiger partial charge < -0.3 is 5.32 Å². The Labute approximate surface area is 181 Å². The molecule has 0 atom stereocenters. The molecule has 3 aromatic heterocycles. The minimum Gasteiger partial charge on any atom is -0.345 e. The Hall–Kier alpha value is -3.90. The van der Waals surface area contributed by atoms with Gasteiger partial charge in [-0.1, -0.05) is 0 Å². The molecule has 0 saturated heterocycles. The molecular weight excluding hydrogens is 454 g/mol. The van der Waals surface area contributed by atoms with Gasteiger partial charge >= 0.3 is 12.1 Å². The largest absolute Gasteiger partial charge is 0.459 e. The molecule has 0 aliphatic rings. The fourth-order valence-corrected chi connectivity index (χ4v) is 3.06. The van der Waals surface area contributed by atoms with Gasteiger partial charge in [0.25, 0.3) is 5.91 Å². The number of aromatic nitrogens is 5. The first-order valence-electron chi connectivity index (χ1n) is 9.34. The molecule has 13 heteroatoms. The quantitative estimate of drug-likeness (QED) is 0.452. The summed E-state index contributed by atoms with van der Waals surface area (Å²) < 4.78 is 83.2. The van der Waals surface area contributed by atoms with E-state index >= 15 is 0 Å². The van der Waals surface area contributed by atoms with Crippen molar-refractivity contribution in [3.05, 3.63) is 71.6 Å². The van der Waals surface area contributed by atoms with E-state index in [0.29, 0.717) is 11.8 Å². The van der Waals surface area contributed by atoms with Crippen LogP contribution in [0.1, 0.15) is 21.9 Å². The van der Waals surface area contributed by atoms with E-state index in [1.165, 1.54) is 23.0 Å². The molecule has 0 fully saturated rings. The number of carbonyl (C=O) groups is 1. The lowest BCUT2D eigenvalue weighted by Crippen LogP contribution is -2.36. The maximum Gasteiger partial charge on any atom is 0.459 e. The number of hydrogen-bond donors (Lipinski definition) is 1. The van der Waals surface area contributed by atoms with Gasteiger partial charge in [0, 0.05) is 24.9 Å². The van der Waals surface area contributed by atoms with Crippen LogP contribution in [0.4, 0.5) is 26.3 Å². The first kappa shape index (κ1) is 22.3. The van der Waals surface area contributed by atoms with E-state index in [-0.39, 0.29) is 22.3 Å². The smallest absolute Gasteiger partial charge is 0.345 e. The number of alkyl halides is 5. The van der Waals surface area contributed by atoms with Crippen LogP contribution in [0.2, 0.25) is 0 Å². The number of amides is 1. The molecular formula is C20H14F6N6O. The second-order valence-corrected chi connectivity index (χ2v) is 7.03. The topological polar surface area (TPSA) is 77.1 Å². The molecule has 172 valence electrons. The third-order valence-corrected chi connectivity index (χ3v) is 4.83. The van der Waals surface area contributed by atoms with Crippen molar-refractivity contribution in [2.45, 2.75) is 18.6 Å². The number of fused-ring (bicyclic) bond motifs is 1. The number of nitrogens with one attached hydrogen (secondary N) is 1. The van der Waals surface area contributed by atoms with E-state index < -0.39 is 40.9 Å². The van der Waals surface area contributed by atoms with Crippen molar-refractivity contribution >= 4 is 11.6 Å². The van der Waals surface area contributed by atoms with Crippen molar-refractivity contribution in [2.75, 3.05) is 0 Å². The van der Waals surface area contributed by atoms with E-state index in [9.17, 15) is 31.1 Å². The SMILES string of the molecule is Cn1nccc1CNC(=O)c1cc2nc(-c3ccc(F)cc3)cc(C(F)(F)C(F)(F)F)n2n1. The van der Waals surface area contributed by atoms with Crippen molar-refractivity contribution in [3.8, 4) is 11.3 Å². The summed E-state index contributed by atoms with van der Waals surface area (Å²) in [5, 5.41) is 10.1. The van der Waals surface area contributed by atoms with Gasteiger partial charge in [-0.15, -0.1) is 0 Å². The van der Waals surface area contributed by atoms with Gasteiger partial charge in [-0.25, -0.2) is 13.9 Å². The first-order chi connectivity index (χ1) is 15.5. The van der Waals surface area contributed by atoms with Gasteiger partial charge in [0.1, 0.15) is 11.5 Å². The molecule has 33 heavy (non-hydrogen) atoms. The summed E-state index contributed by atoms with van der Waals surface area (Å²) in [7, 11) is 1.64. The summed E-state index contributed by atoms with van der Waals surface area (Å²) in [6.07, 6.45) is -4.44. The minimum atomic E-state index is -5.94. The average Bonchev–Trinajstić information content (AvgIpc) is 3.36. The molecule has 0 aliphatic heterocycles. The molecule has 1 aromatic carbocycles. The van der Waals surface area contributed by atoms with E-state index in [1.54, 1.807) is 13.1 Å². The highest BCUT2D eigenvalue weighted by atomic mass is 19.4. The van der Waals surface area contributed by atoms with Crippen LogP contribution < -0.4 is 5.32 Å². The molecule has 0 unspecified atom stereocenters. The Bertz CT molecular complexity index is 1330. The average molecular weight is 468 g/mol. The fourth-order valence-electron chi connectivity index (χ4n) is 3.06. The fraction of sp³-hybridized carbons (Fsp3) is 0.200. The molecule has 0 bridgehead atoms. The summed E-state index contributed by atoms with van der Waals surface area (Å²) in [6, 6.07) is 7.51. The summed E-state index contributed by atoms with van der Waals surface area (Å²) in [4.78, 5) is 16.5. The molecule has 0 aliphatic carbocycles. The van der Waals surface area contributed by atoms with Gasteiger partial charge in [-0.3, -0.25) is 9.48 Å². The van der Waals surface area contributed by atoms with Crippen molar-refractivity contribution < 1.29 is 31.1 Å². The lowest BCUT2D eigenvalue weighted by atomic mass is 10.1. The summed E-state index contributed by atoms with van der Waals surface area (Å²) in [6.45, 7) is 0.0169. The molecule has 1 N–H and O–H groups in total. The maximum atomic E-state index is 14.4. The lowest BCUT2D eigenvalue weighted by Gasteiger charge is -2.21. The molecule has 7 nitrogen and oxygen atoms in total. The summed E-state index contributed by atoms with van der Waals surface area (Å²) in [5.41, 5.74) is -1.93. The normalized spacial score (nSPS) is 12.3. The van der Waals surface area contributed by atoms with Crippen molar-refractivity contribution in [1.29, 1.82) is 0 Å². The van der Waals surface area contributed by atoms with Crippen molar-refractivity contribution in [2.24, 2.45) is 7.05 Å². The summed E-state index contributed by atoms with van der Waals surface area (Å²) in [5.74, 6) is -6.75. The molecule has 0 radical (unpaired) electrons. The first-order valence-corrected chi connectivity index (χ1v) is 9.34. The predicted molar refractivity (Wildman–Crippen MR) is 103 cm³/mol. The van der Waals surface area contributed by atoms with E-state index in [0.717, 1.165) is 18.2 Å². The number of hydrogen-bond acceptors (Lipinski definition) is 4. The van der Waals surface area contributed by atoms with Crippen LogP contribution >= 0.6 is 0 Å². The minimum absolute atomic E-state index is 0.0169. The van der Waals surface area contributed by atoms with Crippen LogP contribution in [0.15, 0.2) is 48.7 Å². The van der Waals surface area contributed by atoms with Gasteiger partial charge in [0.2, 0.25) is 0 Å². The zero-order valence-electron chi connectivity index (χ0n) is 16.7. The number of benzene rings is 1. The van der Waals surface area contributed by atoms with Crippen LogP contribution in [0.5, 0.6) is 0 Å². The monoisotopic (exact) mass is 468 g/mol. The maximum absolute atomic E-state index is 14.4. The number of carbonyl (C=O) groups excluding carboxylic acids is 1. The second kappa shape index (κ2) is 7.90. The molecule has 0 saturated carbocycles. The van der Waals surface area contributed by atoms with E-state index in [1.807, 2.05) is 0 Å². The molecule has 4 rings (SSSR count). The van der Waals surface area contributed by atoms with Gasteiger partial charge in [0.15, 0.2) is 11.3 Å². The lowest BCUT2D eigenvalue weighted by molar-refractivity contribution is -0.291. The van der Waals surface area contributed by atoms with E-state index in [2.05, 4.69) is 20.5 Å². The Kier molecular flexibility index (Phi) is 5.34. The number of halogens is 6. The van der Waals surface area contributed by atoms with Gasteiger partial charge in [-0.2, -0.15) is 32.1 Å². The van der Waals surface area contributed by atoms with Crippen LogP contribution in [0, 0.1) is 5.82 Å². The Morgan fingerprint density at radius 1 is 1.06 bits per heavy atom. The van der Waals surface area contributed by atoms with Crippen LogP contribution in [-0.2, 0) is 19.5 Å². The van der Waals surface area contributed by atoms with Crippen LogP contribution in [0.3, 0.4) is 0 Å². The Balaban J connectivity index is 1.79. The highest BCUT2D eigenvalue weighted by molar-refractivity contribution is 5.93. The molecule has 4 aromatic rings. The van der Waals surface area contributed by atoms with Crippen molar-refractivity contribution in [1.82, 2.24) is 29.7 Å². The highest BCUT2D eigenvalue weighted by Crippen LogP contribution is 2.44. The van der Waals surface area contributed by atoms with Gasteiger partial charge in [-0.05, 0) is 36.4 Å². The summed E-state index contributed by atoms with van der Waals surface area (Å²) >= 11 is 0. The second-order valence-electron chi connectivity index (χ2n) is 7.03. The Morgan fingerprint density at radius 2 is 1.76 bits per heavy atom. The molecule has 0 spiro atoms. The highest BCUT2D eigenvalue weighted by Gasteiger charge is 2.60. The predicted octanol–water partition coefficient (Wildman–Crippen LogP) is 3.85. The number of rotatable bonds is 5. The Morgan fingerprint density at radius 3 is 2.36 bits per heavy atom. The number of nitrogens with zero attached hydrogens (tertiary/aromatic N) is 5. The molecule has 3 heterocycles. The zero-order chi connectivity index (χ0) is 24.0. The van der Waals surface area contributed by atoms with Gasteiger partial charge in [0.05, 0.1) is 17.9 Å².